The van der Waals surface area contributed by atoms with Crippen LogP contribution in [-0.4, -0.2) is 41.2 Å². The number of furan rings is 1. The third kappa shape index (κ3) is 4.34. The van der Waals surface area contributed by atoms with Gasteiger partial charge in [0.25, 0.3) is 11.8 Å². The molecular formula is C26H24N2O6. The monoisotopic (exact) mass is 460 g/mol. The minimum absolute atomic E-state index is 0.0836. The summed E-state index contributed by atoms with van der Waals surface area (Å²) in [4.78, 5) is 54.2. The molecule has 4 rings (SSSR count). The average molecular weight is 460 g/mol. The lowest BCUT2D eigenvalue weighted by atomic mass is 10.0. The summed E-state index contributed by atoms with van der Waals surface area (Å²) in [7, 11) is 0. The van der Waals surface area contributed by atoms with Gasteiger partial charge in [-0.1, -0.05) is 30.3 Å². The Hall–Kier alpha value is -4.20. The number of carbonyl (C=O) groups excluding carboxylic acids is 4. The molecule has 0 aliphatic carbocycles. The SMILES string of the molecule is CCOC(=O)c1ccc(N2C(=O)CC(N(C(=O)c3ccco3)C(C)c3ccccc3)C2=O)cc1. The molecule has 8 nitrogen and oxygen atoms in total. The van der Waals surface area contributed by atoms with E-state index in [9.17, 15) is 19.2 Å². The van der Waals surface area contributed by atoms with E-state index in [0.29, 0.717) is 11.3 Å². The molecule has 1 aliphatic heterocycles. The molecule has 3 amide bonds. The van der Waals surface area contributed by atoms with Gasteiger partial charge < -0.3 is 14.1 Å². The van der Waals surface area contributed by atoms with Crippen LogP contribution in [0.25, 0.3) is 0 Å². The molecule has 0 N–H and O–H groups in total. The van der Waals surface area contributed by atoms with Crippen molar-refractivity contribution >= 4 is 29.4 Å². The summed E-state index contributed by atoms with van der Waals surface area (Å²) in [6.07, 6.45) is 1.22. The summed E-state index contributed by atoms with van der Waals surface area (Å²) in [5.41, 5.74) is 1.46. The summed E-state index contributed by atoms with van der Waals surface area (Å²) >= 11 is 0. The standard InChI is InChI=1S/C26H24N2O6/c1-3-33-26(32)19-11-13-20(14-12-19)28-23(29)16-21(24(28)30)27(25(31)22-10-7-15-34-22)17(2)18-8-5-4-6-9-18/h4-15,17,21H,3,16H2,1-2H3. The fourth-order valence-electron chi connectivity index (χ4n) is 4.07. The van der Waals surface area contributed by atoms with Crippen molar-refractivity contribution in [3.8, 4) is 0 Å². The smallest absolute Gasteiger partial charge is 0.338 e. The fourth-order valence-corrected chi connectivity index (χ4v) is 4.07. The summed E-state index contributed by atoms with van der Waals surface area (Å²) in [5.74, 6) is -1.84. The van der Waals surface area contributed by atoms with E-state index in [2.05, 4.69) is 0 Å². The number of anilines is 1. The summed E-state index contributed by atoms with van der Waals surface area (Å²) in [5, 5.41) is 0. The van der Waals surface area contributed by atoms with E-state index in [0.717, 1.165) is 10.5 Å². The van der Waals surface area contributed by atoms with Gasteiger partial charge >= 0.3 is 5.97 Å². The number of ether oxygens (including phenoxy) is 1. The summed E-state index contributed by atoms with van der Waals surface area (Å²) < 4.78 is 10.3. The lowest BCUT2D eigenvalue weighted by Crippen LogP contribution is -2.46. The van der Waals surface area contributed by atoms with Gasteiger partial charge in [-0.15, -0.1) is 0 Å². The molecule has 1 aromatic heterocycles. The van der Waals surface area contributed by atoms with Crippen LogP contribution in [0.4, 0.5) is 5.69 Å². The van der Waals surface area contributed by atoms with E-state index < -0.39 is 35.8 Å². The molecule has 1 fully saturated rings. The largest absolute Gasteiger partial charge is 0.462 e. The molecule has 8 heteroatoms. The second-order valence-corrected chi connectivity index (χ2v) is 7.83. The van der Waals surface area contributed by atoms with Crippen LogP contribution in [0.1, 0.15) is 52.8 Å². The van der Waals surface area contributed by atoms with Gasteiger partial charge in [0.2, 0.25) is 5.91 Å². The highest BCUT2D eigenvalue weighted by atomic mass is 16.5. The molecule has 2 heterocycles. The molecule has 0 bridgehead atoms. The second-order valence-electron chi connectivity index (χ2n) is 7.83. The van der Waals surface area contributed by atoms with E-state index in [4.69, 9.17) is 9.15 Å². The van der Waals surface area contributed by atoms with Crippen LogP contribution < -0.4 is 4.90 Å². The van der Waals surface area contributed by atoms with Crippen LogP contribution in [0.2, 0.25) is 0 Å². The van der Waals surface area contributed by atoms with Crippen molar-refractivity contribution in [1.82, 2.24) is 4.90 Å². The van der Waals surface area contributed by atoms with Crippen LogP contribution in [0.5, 0.6) is 0 Å². The van der Waals surface area contributed by atoms with E-state index in [1.807, 2.05) is 37.3 Å². The Kier molecular flexibility index (Phi) is 6.58. The highest BCUT2D eigenvalue weighted by Crippen LogP contribution is 2.32. The van der Waals surface area contributed by atoms with Crippen LogP contribution >= 0.6 is 0 Å². The maximum Gasteiger partial charge on any atom is 0.338 e. The van der Waals surface area contributed by atoms with Gasteiger partial charge in [0.05, 0.1) is 36.6 Å². The lowest BCUT2D eigenvalue weighted by Gasteiger charge is -2.33. The molecule has 2 unspecified atom stereocenters. The minimum Gasteiger partial charge on any atom is -0.462 e. The minimum atomic E-state index is -1.01. The quantitative estimate of drug-likeness (QED) is 0.391. The number of imide groups is 1. The summed E-state index contributed by atoms with van der Waals surface area (Å²) in [6, 6.07) is 16.9. The highest BCUT2D eigenvalue weighted by Gasteiger charge is 2.46. The molecule has 2 aromatic carbocycles. The van der Waals surface area contributed by atoms with Gasteiger partial charge in [-0.05, 0) is 55.8 Å². The number of hydrogen-bond donors (Lipinski definition) is 0. The van der Waals surface area contributed by atoms with Crippen molar-refractivity contribution in [1.29, 1.82) is 0 Å². The normalized spacial score (nSPS) is 16.4. The van der Waals surface area contributed by atoms with Crippen LogP contribution in [-0.2, 0) is 14.3 Å². The lowest BCUT2D eigenvalue weighted by molar-refractivity contribution is -0.123. The number of amides is 3. The van der Waals surface area contributed by atoms with Crippen molar-refractivity contribution in [3.05, 3.63) is 89.9 Å². The Labute approximate surface area is 196 Å². The third-order valence-electron chi connectivity index (χ3n) is 5.76. The van der Waals surface area contributed by atoms with E-state index >= 15 is 0 Å². The van der Waals surface area contributed by atoms with Crippen LogP contribution in [0.3, 0.4) is 0 Å². The van der Waals surface area contributed by atoms with Crippen molar-refractivity contribution < 1.29 is 28.3 Å². The molecular weight excluding hydrogens is 436 g/mol. The highest BCUT2D eigenvalue weighted by molar-refractivity contribution is 6.23. The fraction of sp³-hybridized carbons (Fsp3) is 0.231. The first-order valence-corrected chi connectivity index (χ1v) is 11.0. The zero-order chi connectivity index (χ0) is 24.2. The second kappa shape index (κ2) is 9.74. The third-order valence-corrected chi connectivity index (χ3v) is 5.76. The zero-order valence-electron chi connectivity index (χ0n) is 18.8. The molecule has 1 aliphatic rings. The number of rotatable bonds is 7. The van der Waals surface area contributed by atoms with E-state index in [1.165, 1.54) is 41.5 Å². The Morgan fingerprint density at radius 3 is 2.38 bits per heavy atom. The number of hydrogen-bond acceptors (Lipinski definition) is 6. The predicted molar refractivity (Wildman–Crippen MR) is 123 cm³/mol. The van der Waals surface area contributed by atoms with Gasteiger partial charge in [0, 0.05) is 0 Å². The van der Waals surface area contributed by atoms with Crippen molar-refractivity contribution in [2.45, 2.75) is 32.4 Å². The first-order valence-electron chi connectivity index (χ1n) is 11.0. The first kappa shape index (κ1) is 23.0. The Morgan fingerprint density at radius 1 is 1.06 bits per heavy atom. The topological polar surface area (TPSA) is 97.1 Å². The van der Waals surface area contributed by atoms with Gasteiger partial charge in [-0.25, -0.2) is 9.69 Å². The molecule has 2 atom stereocenters. The molecule has 0 radical (unpaired) electrons. The van der Waals surface area contributed by atoms with Crippen LogP contribution in [0, 0.1) is 0 Å². The molecule has 3 aromatic rings. The molecule has 0 spiro atoms. The molecule has 1 saturated heterocycles. The molecule has 0 saturated carbocycles. The van der Waals surface area contributed by atoms with Gasteiger partial charge in [-0.3, -0.25) is 14.4 Å². The average Bonchev–Trinajstić information content (AvgIpc) is 3.48. The van der Waals surface area contributed by atoms with E-state index in [1.54, 1.807) is 13.0 Å². The van der Waals surface area contributed by atoms with Gasteiger partial charge in [0.15, 0.2) is 5.76 Å². The van der Waals surface area contributed by atoms with Crippen LogP contribution in [0.15, 0.2) is 77.4 Å². The van der Waals surface area contributed by atoms with E-state index in [-0.39, 0.29) is 18.8 Å². The van der Waals surface area contributed by atoms with Crippen molar-refractivity contribution in [2.75, 3.05) is 11.5 Å². The summed E-state index contributed by atoms with van der Waals surface area (Å²) in [6.45, 7) is 3.76. The number of benzene rings is 2. The van der Waals surface area contributed by atoms with Crippen molar-refractivity contribution in [2.24, 2.45) is 0 Å². The number of nitrogens with zero attached hydrogens (tertiary/aromatic N) is 2. The predicted octanol–water partition coefficient (Wildman–Crippen LogP) is 3.99. The van der Waals surface area contributed by atoms with Gasteiger partial charge in [0.1, 0.15) is 6.04 Å². The molecule has 174 valence electrons. The van der Waals surface area contributed by atoms with Gasteiger partial charge in [-0.2, -0.15) is 0 Å². The number of esters is 1. The number of carbonyl (C=O) groups is 4. The first-order chi connectivity index (χ1) is 16.4. The Bertz CT molecular complexity index is 1190. The maximum absolute atomic E-state index is 13.5. The Morgan fingerprint density at radius 2 is 1.76 bits per heavy atom. The van der Waals surface area contributed by atoms with Crippen molar-refractivity contribution in [3.63, 3.8) is 0 Å². The zero-order valence-corrected chi connectivity index (χ0v) is 18.8. The molecule has 34 heavy (non-hydrogen) atoms. The maximum atomic E-state index is 13.5. The Balaban J connectivity index is 1.65.